The van der Waals surface area contributed by atoms with E-state index < -0.39 is 28.0 Å². The van der Waals surface area contributed by atoms with Crippen molar-refractivity contribution in [3.63, 3.8) is 0 Å². The molecule has 1 unspecified atom stereocenters. The second-order valence-corrected chi connectivity index (χ2v) is 4.53. The Morgan fingerprint density at radius 3 is 2.76 bits per heavy atom. The van der Waals surface area contributed by atoms with Crippen molar-refractivity contribution >= 4 is 23.4 Å². The fraction of sp³-hybridized carbons (Fsp3) is 0.364. The molecule has 2 heterocycles. The van der Waals surface area contributed by atoms with Gasteiger partial charge in [0.15, 0.2) is 5.54 Å². The zero-order valence-electron chi connectivity index (χ0n) is 10.7. The van der Waals surface area contributed by atoms with Gasteiger partial charge in [-0.15, -0.1) is 0 Å². The largest absolute Gasteiger partial charge is 0.479 e. The van der Waals surface area contributed by atoms with E-state index in [1.807, 2.05) is 0 Å². The van der Waals surface area contributed by atoms with Crippen molar-refractivity contribution in [3.8, 4) is 0 Å². The molecule has 0 aromatic carbocycles. The molecule has 1 atom stereocenters. The van der Waals surface area contributed by atoms with Gasteiger partial charge < -0.3 is 20.9 Å². The summed E-state index contributed by atoms with van der Waals surface area (Å²) < 4.78 is 5.06. The summed E-state index contributed by atoms with van der Waals surface area (Å²) in [7, 11) is 0. The van der Waals surface area contributed by atoms with E-state index in [0.717, 1.165) is 12.3 Å². The maximum atomic E-state index is 11.4. The lowest BCUT2D eigenvalue weighted by Gasteiger charge is -2.25. The Labute approximate surface area is 118 Å². The molecule has 1 aromatic rings. The Kier molecular flexibility index (Phi) is 3.72. The van der Waals surface area contributed by atoms with Gasteiger partial charge in [-0.3, -0.25) is 14.9 Å². The maximum absolute atomic E-state index is 11.4. The third kappa shape index (κ3) is 2.74. The number of aliphatic carboxylic acids is 1. The molecule has 1 aromatic heterocycles. The van der Waals surface area contributed by atoms with Crippen molar-refractivity contribution in [1.29, 1.82) is 0 Å². The molecule has 1 aliphatic rings. The number of carbonyl (C=O) groups is 2. The number of hydrogen-bond acceptors (Lipinski definition) is 7. The van der Waals surface area contributed by atoms with Crippen LogP contribution >= 0.6 is 0 Å². The second kappa shape index (κ2) is 5.32. The van der Waals surface area contributed by atoms with Crippen molar-refractivity contribution in [2.45, 2.75) is 12.0 Å². The molecular formula is C11H12N4O6. The van der Waals surface area contributed by atoms with Crippen LogP contribution in [0.1, 0.15) is 16.8 Å². The van der Waals surface area contributed by atoms with E-state index in [-0.39, 0.29) is 31.0 Å². The van der Waals surface area contributed by atoms with E-state index in [1.165, 1.54) is 0 Å². The first-order valence-electron chi connectivity index (χ1n) is 5.89. The number of amides is 1. The molecule has 10 nitrogen and oxygen atoms in total. The number of pyridine rings is 1. The summed E-state index contributed by atoms with van der Waals surface area (Å²) in [4.78, 5) is 36.5. The average molecular weight is 296 g/mol. The van der Waals surface area contributed by atoms with E-state index in [9.17, 15) is 24.8 Å². The minimum atomic E-state index is -1.44. The number of carbonyl (C=O) groups excluding carboxylic acids is 1. The summed E-state index contributed by atoms with van der Waals surface area (Å²) in [5, 5.41) is 22.6. The molecule has 0 radical (unpaired) electrons. The van der Waals surface area contributed by atoms with Crippen LogP contribution in [-0.4, -0.2) is 45.6 Å². The number of nitro groups is 1. The molecule has 21 heavy (non-hydrogen) atoms. The van der Waals surface area contributed by atoms with Gasteiger partial charge in [0.05, 0.1) is 17.1 Å². The van der Waals surface area contributed by atoms with E-state index in [1.54, 1.807) is 0 Å². The number of ether oxygens (including phenoxy) is 1. The minimum Gasteiger partial charge on any atom is -0.479 e. The highest BCUT2D eigenvalue weighted by atomic mass is 16.6. The zero-order chi connectivity index (χ0) is 15.6. The van der Waals surface area contributed by atoms with E-state index in [0.29, 0.717) is 0 Å². The first kappa shape index (κ1) is 14.7. The van der Waals surface area contributed by atoms with E-state index in [2.05, 4.69) is 10.3 Å². The minimum absolute atomic E-state index is 0.112. The summed E-state index contributed by atoms with van der Waals surface area (Å²) in [6, 6.07) is 0.947. The molecule has 0 aliphatic carbocycles. The highest BCUT2D eigenvalue weighted by Gasteiger charge is 2.43. The van der Waals surface area contributed by atoms with Crippen molar-refractivity contribution in [2.75, 3.05) is 18.5 Å². The smallest absolute Gasteiger partial charge is 0.331 e. The lowest BCUT2D eigenvalue weighted by Crippen LogP contribution is -2.47. The standard InChI is InChI=1S/C11H12N4O6/c12-8(16)7-3-6(15(19)20)4-13-9(7)14-11(10(17)18)1-2-21-5-11/h3-4H,1-2,5H2,(H2,12,16)(H,13,14)(H,17,18). The van der Waals surface area contributed by atoms with Gasteiger partial charge in [-0.2, -0.15) is 0 Å². The van der Waals surface area contributed by atoms with E-state index in [4.69, 9.17) is 10.5 Å². The zero-order valence-corrected chi connectivity index (χ0v) is 10.7. The van der Waals surface area contributed by atoms with Gasteiger partial charge in [0.2, 0.25) is 0 Å². The molecule has 112 valence electrons. The summed E-state index contributed by atoms with van der Waals surface area (Å²) in [6.07, 6.45) is 1.08. The van der Waals surface area contributed by atoms with Crippen molar-refractivity contribution in [3.05, 3.63) is 27.9 Å². The number of rotatable bonds is 5. The average Bonchev–Trinajstić information content (AvgIpc) is 2.88. The van der Waals surface area contributed by atoms with Gasteiger partial charge in [0.1, 0.15) is 12.0 Å². The summed E-state index contributed by atoms with van der Waals surface area (Å²) >= 11 is 0. The van der Waals surface area contributed by atoms with Crippen LogP contribution in [0.15, 0.2) is 12.3 Å². The van der Waals surface area contributed by atoms with Crippen LogP contribution in [0.25, 0.3) is 0 Å². The molecule has 1 saturated heterocycles. The van der Waals surface area contributed by atoms with E-state index >= 15 is 0 Å². The van der Waals surface area contributed by atoms with Crippen molar-refractivity contribution in [1.82, 2.24) is 4.98 Å². The molecule has 1 amide bonds. The molecule has 1 aliphatic heterocycles. The quantitative estimate of drug-likeness (QED) is 0.495. The number of nitrogens with two attached hydrogens (primary N) is 1. The van der Waals surface area contributed by atoms with Crippen molar-refractivity contribution in [2.24, 2.45) is 5.73 Å². The Hall–Kier alpha value is -2.75. The van der Waals surface area contributed by atoms with Crippen molar-refractivity contribution < 1.29 is 24.4 Å². The van der Waals surface area contributed by atoms with Crippen LogP contribution < -0.4 is 11.1 Å². The Bertz CT molecular complexity index is 611. The molecular weight excluding hydrogens is 284 g/mol. The van der Waals surface area contributed by atoms with Crippen LogP contribution in [0, 0.1) is 10.1 Å². The summed E-state index contributed by atoms with van der Waals surface area (Å²) in [6.45, 7) is 0.122. The van der Waals surface area contributed by atoms with Crippen LogP contribution in [0.4, 0.5) is 11.5 Å². The third-order valence-corrected chi connectivity index (χ3v) is 3.14. The van der Waals surface area contributed by atoms with Gasteiger partial charge in [0.25, 0.3) is 11.6 Å². The Balaban J connectivity index is 2.41. The number of anilines is 1. The van der Waals surface area contributed by atoms with Crippen LogP contribution in [0.3, 0.4) is 0 Å². The number of carboxylic acids is 1. The first-order chi connectivity index (χ1) is 9.85. The molecule has 4 N–H and O–H groups in total. The number of primary amides is 1. The lowest BCUT2D eigenvalue weighted by atomic mass is 9.98. The highest BCUT2D eigenvalue weighted by Crippen LogP contribution is 2.27. The van der Waals surface area contributed by atoms with Crippen LogP contribution in [0.2, 0.25) is 0 Å². The molecule has 1 fully saturated rings. The summed E-state index contributed by atoms with van der Waals surface area (Å²) in [5.41, 5.74) is 3.05. The normalized spacial score (nSPS) is 21.0. The topological polar surface area (TPSA) is 158 Å². The van der Waals surface area contributed by atoms with Gasteiger partial charge in [-0.1, -0.05) is 0 Å². The molecule has 0 saturated carbocycles. The number of nitrogens with one attached hydrogen (secondary N) is 1. The van der Waals surface area contributed by atoms with Gasteiger partial charge in [-0.05, 0) is 0 Å². The Morgan fingerprint density at radius 2 is 2.29 bits per heavy atom. The first-order valence-corrected chi connectivity index (χ1v) is 5.89. The van der Waals surface area contributed by atoms with Gasteiger partial charge in [0, 0.05) is 19.1 Å². The number of nitrogens with zero attached hydrogens (tertiary/aromatic N) is 2. The van der Waals surface area contributed by atoms with Gasteiger partial charge in [-0.25, -0.2) is 9.78 Å². The van der Waals surface area contributed by atoms with Gasteiger partial charge >= 0.3 is 5.97 Å². The van der Waals surface area contributed by atoms with Crippen LogP contribution in [-0.2, 0) is 9.53 Å². The highest BCUT2D eigenvalue weighted by molar-refractivity contribution is 5.99. The second-order valence-electron chi connectivity index (χ2n) is 4.53. The predicted molar refractivity (Wildman–Crippen MR) is 68.8 cm³/mol. The molecule has 0 bridgehead atoms. The SMILES string of the molecule is NC(=O)c1cc([N+](=O)[O-])cnc1NC1(C(=O)O)CCOC1. The molecule has 0 spiro atoms. The third-order valence-electron chi connectivity index (χ3n) is 3.14. The predicted octanol–water partition coefficient (Wildman–Crippen LogP) is -0.256. The fourth-order valence-corrected chi connectivity index (χ4v) is 1.95. The van der Waals surface area contributed by atoms with Crippen LogP contribution in [0.5, 0.6) is 0 Å². The monoisotopic (exact) mass is 296 g/mol. The maximum Gasteiger partial charge on any atom is 0.331 e. The lowest BCUT2D eigenvalue weighted by molar-refractivity contribution is -0.385. The summed E-state index contributed by atoms with van der Waals surface area (Å²) in [5.74, 6) is -2.25. The number of hydrogen-bond donors (Lipinski definition) is 3. The molecule has 2 rings (SSSR count). The number of carboxylic acid groups (broad SMARTS) is 1. The number of aromatic nitrogens is 1. The Morgan fingerprint density at radius 1 is 1.57 bits per heavy atom. The fourth-order valence-electron chi connectivity index (χ4n) is 1.95. The molecule has 10 heteroatoms.